The molecule has 5 N–H and O–H groups in total. The number of fused-ring (bicyclic) bond motifs is 3. The number of aromatic nitrogens is 2. The third-order valence-corrected chi connectivity index (χ3v) is 8.68. The van der Waals surface area contributed by atoms with Crippen LogP contribution in [0.1, 0.15) is 25.1 Å². The second-order valence-electron chi connectivity index (χ2n) is 11.9. The van der Waals surface area contributed by atoms with Crippen LogP contribution in [0.25, 0.3) is 28.1 Å². The van der Waals surface area contributed by atoms with Gasteiger partial charge in [-0.3, -0.25) is 19.9 Å². The third-order valence-electron chi connectivity index (χ3n) is 7.57. The highest BCUT2D eigenvalue weighted by Crippen LogP contribution is 2.49. The molecule has 2 heterocycles. The van der Waals surface area contributed by atoms with Crippen molar-refractivity contribution in [2.45, 2.75) is 36.6 Å². The predicted octanol–water partition coefficient (Wildman–Crippen LogP) is 5.14. The molecule has 0 atom stereocenters. The number of amides is 1. The summed E-state index contributed by atoms with van der Waals surface area (Å²) in [6, 6.07) is 15.7. The van der Waals surface area contributed by atoms with Gasteiger partial charge in [0, 0.05) is 30.6 Å². The number of aliphatic hydroxyl groups is 1. The number of nitrogens with two attached hydrogens (primary N) is 1. The van der Waals surface area contributed by atoms with Crippen LogP contribution in [0.4, 0.5) is 33.3 Å². The molecule has 0 saturated carbocycles. The molecule has 11 nitrogen and oxygen atoms in total. The number of alkyl halides is 5. The molecule has 1 aliphatic rings. The summed E-state index contributed by atoms with van der Waals surface area (Å²) < 4.78 is 99.9. The molecule has 0 saturated heterocycles. The van der Waals surface area contributed by atoms with Crippen LogP contribution >= 0.6 is 0 Å². The summed E-state index contributed by atoms with van der Waals surface area (Å²) in [6.45, 7) is 2.09. The average Bonchev–Trinajstić information content (AvgIpc) is 3.37. The van der Waals surface area contributed by atoms with Gasteiger partial charge in [-0.25, -0.2) is 8.42 Å². The first-order valence-electron chi connectivity index (χ1n) is 14.4. The molecule has 0 fully saturated rings. The minimum atomic E-state index is -4.94. The fourth-order valence-electron chi connectivity index (χ4n) is 5.18. The zero-order valence-corrected chi connectivity index (χ0v) is 27.2. The highest BCUT2D eigenvalue weighted by Gasteiger charge is 2.49. The summed E-state index contributed by atoms with van der Waals surface area (Å²) in [5.41, 5.74) is 8.46. The first-order valence-corrected chi connectivity index (χ1v) is 16.3. The Morgan fingerprint density at radius 1 is 1.04 bits per heavy atom. The monoisotopic (exact) mass is 706 g/mol. The first kappa shape index (κ1) is 35.2. The number of benzene rings is 3. The van der Waals surface area contributed by atoms with Crippen LogP contribution in [0, 0.1) is 0 Å². The maximum absolute atomic E-state index is 15.9. The number of nitrogens with zero attached hydrogens (tertiary/aromatic N) is 3. The molecule has 4 aromatic rings. The Labute approximate surface area is 277 Å². The lowest BCUT2D eigenvalue weighted by Gasteiger charge is -2.35. The van der Waals surface area contributed by atoms with E-state index in [1.807, 2.05) is 0 Å². The SMILES string of the molecule is Cn1nc(C(F)(F)C(=O)NC(C)(C)CO)c2c1-c1ccc(-c3cccc(S(C)(=O)=O)c3)cc1N(/C(=C\N)c1ccc(OC(F)(F)F)cc1)N2. The number of halogens is 5. The predicted molar refractivity (Wildman–Crippen MR) is 172 cm³/mol. The second kappa shape index (κ2) is 12.4. The molecule has 1 amide bonds. The van der Waals surface area contributed by atoms with Crippen LogP contribution in [0.15, 0.2) is 77.8 Å². The van der Waals surface area contributed by atoms with Gasteiger partial charge in [0.1, 0.15) is 11.4 Å². The number of hydrogen-bond acceptors (Lipinski definition) is 9. The summed E-state index contributed by atoms with van der Waals surface area (Å²) in [5.74, 6) is -6.45. The quantitative estimate of drug-likeness (QED) is 0.174. The Bertz CT molecular complexity index is 2060. The molecular weight excluding hydrogens is 675 g/mol. The Morgan fingerprint density at radius 3 is 2.29 bits per heavy atom. The number of aryl methyl sites for hydroxylation is 1. The highest BCUT2D eigenvalue weighted by molar-refractivity contribution is 7.90. The molecule has 1 aliphatic heterocycles. The summed E-state index contributed by atoms with van der Waals surface area (Å²) in [4.78, 5) is 12.9. The minimum Gasteiger partial charge on any atom is -0.406 e. The maximum Gasteiger partial charge on any atom is 0.573 e. The van der Waals surface area contributed by atoms with Crippen LogP contribution in [-0.4, -0.2) is 54.0 Å². The van der Waals surface area contributed by atoms with Crippen molar-refractivity contribution in [3.05, 3.63) is 84.2 Å². The van der Waals surface area contributed by atoms with Gasteiger partial charge in [0.15, 0.2) is 15.5 Å². The van der Waals surface area contributed by atoms with Gasteiger partial charge in [-0.15, -0.1) is 13.2 Å². The minimum absolute atomic E-state index is 0.0601. The van der Waals surface area contributed by atoms with Gasteiger partial charge in [0.05, 0.1) is 34.1 Å². The smallest absolute Gasteiger partial charge is 0.406 e. The van der Waals surface area contributed by atoms with Crippen LogP contribution in [0.2, 0.25) is 0 Å². The lowest BCUT2D eigenvalue weighted by Crippen LogP contribution is -2.51. The standard InChI is InChI=1S/C32H31F5N6O5S/c1-30(2,17-44)39-29(45)31(33,34)28-26-27(42(3)41-28)23-13-10-20(19-6-5-7-22(14-19)49(4,46)47)15-24(23)43(40-26)25(16-38)18-8-11-21(12-9-18)48-32(35,36)37/h5-16,40,44H,17,38H2,1-4H3,(H,39,45)/b25-16-. The molecule has 17 heteroatoms. The second-order valence-corrected chi connectivity index (χ2v) is 13.9. The molecule has 49 heavy (non-hydrogen) atoms. The van der Waals surface area contributed by atoms with E-state index in [1.165, 1.54) is 50.2 Å². The van der Waals surface area contributed by atoms with E-state index in [0.29, 0.717) is 22.4 Å². The molecule has 0 spiro atoms. The van der Waals surface area contributed by atoms with E-state index in [2.05, 4.69) is 20.6 Å². The van der Waals surface area contributed by atoms with Crippen molar-refractivity contribution in [2.75, 3.05) is 23.3 Å². The van der Waals surface area contributed by atoms with Gasteiger partial charge >= 0.3 is 12.3 Å². The summed E-state index contributed by atoms with van der Waals surface area (Å²) in [5, 5.41) is 17.0. The Morgan fingerprint density at radius 2 is 1.69 bits per heavy atom. The van der Waals surface area contributed by atoms with Crippen molar-refractivity contribution in [3.63, 3.8) is 0 Å². The van der Waals surface area contributed by atoms with E-state index in [9.17, 15) is 31.5 Å². The van der Waals surface area contributed by atoms with Crippen LogP contribution < -0.4 is 26.2 Å². The number of rotatable bonds is 9. The van der Waals surface area contributed by atoms with E-state index in [0.717, 1.165) is 29.3 Å². The van der Waals surface area contributed by atoms with Crippen molar-refractivity contribution in [1.82, 2.24) is 15.1 Å². The molecule has 0 radical (unpaired) electrons. The Hall–Kier alpha value is -5.16. The van der Waals surface area contributed by atoms with Crippen LogP contribution in [0.3, 0.4) is 0 Å². The molecule has 0 unspecified atom stereocenters. The topological polar surface area (TPSA) is 152 Å². The van der Waals surface area contributed by atoms with Crippen LogP contribution in [0.5, 0.6) is 5.75 Å². The van der Waals surface area contributed by atoms with Crippen molar-refractivity contribution in [3.8, 4) is 28.1 Å². The largest absolute Gasteiger partial charge is 0.573 e. The van der Waals surface area contributed by atoms with Crippen molar-refractivity contribution in [1.29, 1.82) is 0 Å². The maximum atomic E-state index is 15.9. The van der Waals surface area contributed by atoms with Gasteiger partial charge in [0.2, 0.25) is 0 Å². The normalized spacial score (nSPS) is 13.8. The van der Waals surface area contributed by atoms with E-state index < -0.39 is 51.6 Å². The molecule has 1 aromatic heterocycles. The van der Waals surface area contributed by atoms with E-state index >= 15 is 8.78 Å². The van der Waals surface area contributed by atoms with Gasteiger partial charge in [-0.05, 0) is 73.5 Å². The molecule has 0 aliphatic carbocycles. The lowest BCUT2D eigenvalue weighted by atomic mass is 9.97. The Balaban J connectivity index is 1.69. The van der Waals surface area contributed by atoms with Gasteiger partial charge in [-0.2, -0.15) is 13.9 Å². The van der Waals surface area contributed by atoms with Crippen LogP contribution in [-0.2, 0) is 27.6 Å². The van der Waals surface area contributed by atoms with E-state index in [4.69, 9.17) is 5.73 Å². The van der Waals surface area contributed by atoms with Crippen molar-refractivity contribution >= 4 is 32.8 Å². The summed E-state index contributed by atoms with van der Waals surface area (Å²) in [6.07, 6.45) is -2.78. The number of carbonyl (C=O) groups excluding carboxylic acids is 1. The van der Waals surface area contributed by atoms with Gasteiger partial charge < -0.3 is 20.9 Å². The molecular formula is C32H31F5N6O5S. The highest BCUT2D eigenvalue weighted by atomic mass is 32.2. The molecule has 3 aromatic carbocycles. The number of carbonyl (C=O) groups is 1. The van der Waals surface area contributed by atoms with Crippen molar-refractivity contribution < 1.29 is 45.0 Å². The Kier molecular flexibility index (Phi) is 8.88. The zero-order valence-electron chi connectivity index (χ0n) is 26.4. The number of hydrogen-bond donors (Lipinski definition) is 4. The molecule has 5 rings (SSSR count). The van der Waals surface area contributed by atoms with Gasteiger partial charge in [-0.1, -0.05) is 18.2 Å². The molecule has 260 valence electrons. The zero-order chi connectivity index (χ0) is 36.1. The summed E-state index contributed by atoms with van der Waals surface area (Å²) in [7, 11) is -2.16. The number of hydrazine groups is 1. The summed E-state index contributed by atoms with van der Waals surface area (Å²) >= 11 is 0. The van der Waals surface area contributed by atoms with Crippen molar-refractivity contribution in [2.24, 2.45) is 12.8 Å². The lowest BCUT2D eigenvalue weighted by molar-refractivity contribution is -0.274. The number of anilines is 2. The van der Waals surface area contributed by atoms with Gasteiger partial charge in [0.25, 0.3) is 5.91 Å². The number of aliphatic hydroxyl groups excluding tert-OH is 1. The number of nitrogens with one attached hydrogen (secondary N) is 2. The third kappa shape index (κ3) is 7.03. The average molecular weight is 707 g/mol. The fraction of sp³-hybridized carbons (Fsp3) is 0.250. The number of sulfone groups is 1. The fourth-order valence-corrected chi connectivity index (χ4v) is 5.85. The van der Waals surface area contributed by atoms with E-state index in [-0.39, 0.29) is 27.5 Å². The first-order chi connectivity index (χ1) is 22.8. The van der Waals surface area contributed by atoms with E-state index in [1.54, 1.807) is 30.3 Å². The molecule has 0 bridgehead atoms. The number of ether oxygens (including phenoxy) is 1.